The van der Waals surface area contributed by atoms with E-state index in [-0.39, 0.29) is 5.54 Å². The summed E-state index contributed by atoms with van der Waals surface area (Å²) in [7, 11) is 0. The van der Waals surface area contributed by atoms with Crippen molar-refractivity contribution >= 4 is 6.29 Å². The average molecular weight is 155 g/mol. The van der Waals surface area contributed by atoms with Crippen molar-refractivity contribution in [1.29, 1.82) is 0 Å². The molecule has 0 N–H and O–H groups in total. The summed E-state index contributed by atoms with van der Waals surface area (Å²) in [6, 6.07) is 0. The van der Waals surface area contributed by atoms with Crippen molar-refractivity contribution in [1.82, 2.24) is 4.90 Å². The van der Waals surface area contributed by atoms with Crippen LogP contribution in [0, 0.1) is 0 Å². The molecule has 1 saturated carbocycles. The number of carbonyl (C=O) groups excluding carboxylic acids is 1. The van der Waals surface area contributed by atoms with Gasteiger partial charge in [0.15, 0.2) is 0 Å². The Bertz CT molecular complexity index is 159. The number of ether oxygens (including phenoxy) is 1. The summed E-state index contributed by atoms with van der Waals surface area (Å²) in [5.41, 5.74) is -0.0657. The first kappa shape index (κ1) is 7.25. The van der Waals surface area contributed by atoms with Crippen molar-refractivity contribution in [2.24, 2.45) is 0 Å². The second-order valence-corrected chi connectivity index (χ2v) is 3.32. The Kier molecular flexibility index (Phi) is 1.69. The maximum Gasteiger partial charge on any atom is 0.140 e. The average Bonchev–Trinajstić information content (AvgIpc) is 2.86. The van der Waals surface area contributed by atoms with Gasteiger partial charge in [-0.15, -0.1) is 0 Å². The van der Waals surface area contributed by atoms with Crippen LogP contribution in [0.5, 0.6) is 0 Å². The topological polar surface area (TPSA) is 29.5 Å². The fourth-order valence-corrected chi connectivity index (χ4v) is 1.65. The minimum absolute atomic E-state index is 0.0657. The van der Waals surface area contributed by atoms with E-state index in [4.69, 9.17) is 4.74 Å². The van der Waals surface area contributed by atoms with Gasteiger partial charge in [-0.25, -0.2) is 0 Å². The molecule has 0 radical (unpaired) electrons. The van der Waals surface area contributed by atoms with Gasteiger partial charge in [0.1, 0.15) is 6.29 Å². The Morgan fingerprint density at radius 1 is 1.27 bits per heavy atom. The van der Waals surface area contributed by atoms with Crippen molar-refractivity contribution in [3.05, 3.63) is 0 Å². The lowest BCUT2D eigenvalue weighted by atomic mass is 10.2. The number of rotatable bonds is 2. The zero-order chi connectivity index (χ0) is 7.73. The van der Waals surface area contributed by atoms with E-state index in [2.05, 4.69) is 4.90 Å². The smallest absolute Gasteiger partial charge is 0.140 e. The van der Waals surface area contributed by atoms with Gasteiger partial charge in [0.2, 0.25) is 0 Å². The lowest BCUT2D eigenvalue weighted by molar-refractivity contribution is -0.115. The molecule has 1 saturated heterocycles. The first-order valence-electron chi connectivity index (χ1n) is 4.16. The number of carbonyl (C=O) groups is 1. The summed E-state index contributed by atoms with van der Waals surface area (Å²) in [5, 5.41) is 0. The fraction of sp³-hybridized carbons (Fsp3) is 0.875. The highest BCUT2D eigenvalue weighted by molar-refractivity contribution is 5.68. The van der Waals surface area contributed by atoms with Crippen molar-refractivity contribution in [3.8, 4) is 0 Å². The van der Waals surface area contributed by atoms with Crippen molar-refractivity contribution < 1.29 is 9.53 Å². The number of hydrogen-bond donors (Lipinski definition) is 0. The molecule has 11 heavy (non-hydrogen) atoms. The molecule has 0 bridgehead atoms. The molecule has 3 nitrogen and oxygen atoms in total. The molecule has 1 heterocycles. The highest BCUT2D eigenvalue weighted by Gasteiger charge is 2.48. The standard InChI is InChI=1S/C8H13NO2/c10-7-8(1-2-8)9-3-5-11-6-4-9/h7H,1-6H2. The normalized spacial score (nSPS) is 29.8. The highest BCUT2D eigenvalue weighted by Crippen LogP contribution is 2.39. The fourth-order valence-electron chi connectivity index (χ4n) is 1.65. The third-order valence-electron chi connectivity index (χ3n) is 2.62. The van der Waals surface area contributed by atoms with Crippen LogP contribution in [0.2, 0.25) is 0 Å². The van der Waals surface area contributed by atoms with Crippen molar-refractivity contribution in [2.75, 3.05) is 26.3 Å². The molecule has 62 valence electrons. The molecular formula is C8H13NO2. The third-order valence-corrected chi connectivity index (χ3v) is 2.62. The van der Waals surface area contributed by atoms with Crippen LogP contribution in [0.1, 0.15) is 12.8 Å². The lowest BCUT2D eigenvalue weighted by Crippen LogP contribution is -2.45. The van der Waals surface area contributed by atoms with Gasteiger partial charge in [0.25, 0.3) is 0 Å². The van der Waals surface area contributed by atoms with E-state index in [0.29, 0.717) is 0 Å². The van der Waals surface area contributed by atoms with E-state index in [1.807, 2.05) is 0 Å². The zero-order valence-electron chi connectivity index (χ0n) is 6.58. The SMILES string of the molecule is O=CC1(N2CCOCC2)CC1. The summed E-state index contributed by atoms with van der Waals surface area (Å²) in [6.07, 6.45) is 3.21. The highest BCUT2D eigenvalue weighted by atomic mass is 16.5. The van der Waals surface area contributed by atoms with Crippen LogP contribution in [-0.2, 0) is 9.53 Å². The summed E-state index contributed by atoms with van der Waals surface area (Å²) in [5.74, 6) is 0. The molecule has 0 aromatic rings. The van der Waals surface area contributed by atoms with Gasteiger partial charge in [-0.05, 0) is 12.8 Å². The molecule has 0 atom stereocenters. The van der Waals surface area contributed by atoms with Crippen LogP contribution >= 0.6 is 0 Å². The van der Waals surface area contributed by atoms with Gasteiger partial charge in [-0.3, -0.25) is 4.90 Å². The van der Waals surface area contributed by atoms with Gasteiger partial charge >= 0.3 is 0 Å². The van der Waals surface area contributed by atoms with Gasteiger partial charge in [0.05, 0.1) is 18.8 Å². The Hall–Kier alpha value is -0.410. The lowest BCUT2D eigenvalue weighted by Gasteiger charge is -2.31. The molecule has 1 aliphatic heterocycles. The summed E-state index contributed by atoms with van der Waals surface area (Å²) < 4.78 is 5.21. The monoisotopic (exact) mass is 155 g/mol. The molecule has 2 fully saturated rings. The van der Waals surface area contributed by atoms with Crippen molar-refractivity contribution in [2.45, 2.75) is 18.4 Å². The minimum Gasteiger partial charge on any atom is -0.379 e. The Morgan fingerprint density at radius 2 is 1.91 bits per heavy atom. The summed E-state index contributed by atoms with van der Waals surface area (Å²) in [6.45, 7) is 3.43. The zero-order valence-corrected chi connectivity index (χ0v) is 6.58. The quantitative estimate of drug-likeness (QED) is 0.528. The Labute approximate surface area is 66.3 Å². The second-order valence-electron chi connectivity index (χ2n) is 3.32. The van der Waals surface area contributed by atoms with E-state index >= 15 is 0 Å². The van der Waals surface area contributed by atoms with E-state index in [1.54, 1.807) is 0 Å². The number of nitrogens with zero attached hydrogens (tertiary/aromatic N) is 1. The molecular weight excluding hydrogens is 142 g/mol. The molecule has 0 spiro atoms. The first-order chi connectivity index (χ1) is 5.37. The predicted octanol–water partition coefficient (Wildman–Crippen LogP) is 0.0501. The Balaban J connectivity index is 1.97. The van der Waals surface area contributed by atoms with E-state index in [1.165, 1.54) is 0 Å². The minimum atomic E-state index is -0.0657. The number of morpholine rings is 1. The second kappa shape index (κ2) is 2.57. The van der Waals surface area contributed by atoms with Crippen LogP contribution in [0.25, 0.3) is 0 Å². The van der Waals surface area contributed by atoms with Gasteiger partial charge in [-0.2, -0.15) is 0 Å². The molecule has 2 aliphatic rings. The van der Waals surface area contributed by atoms with Gasteiger partial charge < -0.3 is 9.53 Å². The summed E-state index contributed by atoms with van der Waals surface area (Å²) >= 11 is 0. The molecule has 0 aromatic heterocycles. The maximum atomic E-state index is 10.7. The molecule has 2 rings (SSSR count). The number of aldehydes is 1. The van der Waals surface area contributed by atoms with E-state index in [0.717, 1.165) is 45.4 Å². The van der Waals surface area contributed by atoms with Gasteiger partial charge in [0, 0.05) is 13.1 Å². The first-order valence-corrected chi connectivity index (χ1v) is 4.16. The summed E-state index contributed by atoms with van der Waals surface area (Å²) in [4.78, 5) is 13.0. The molecule has 3 heteroatoms. The van der Waals surface area contributed by atoms with Crippen LogP contribution in [-0.4, -0.2) is 43.0 Å². The predicted molar refractivity (Wildman–Crippen MR) is 40.4 cm³/mol. The van der Waals surface area contributed by atoms with E-state index < -0.39 is 0 Å². The number of hydrogen-bond acceptors (Lipinski definition) is 3. The molecule has 1 aliphatic carbocycles. The maximum absolute atomic E-state index is 10.7. The molecule has 0 aromatic carbocycles. The largest absolute Gasteiger partial charge is 0.379 e. The van der Waals surface area contributed by atoms with Crippen molar-refractivity contribution in [3.63, 3.8) is 0 Å². The molecule has 0 unspecified atom stereocenters. The molecule has 0 amide bonds. The van der Waals surface area contributed by atoms with Crippen LogP contribution in [0.3, 0.4) is 0 Å². The van der Waals surface area contributed by atoms with E-state index in [9.17, 15) is 4.79 Å². The Morgan fingerprint density at radius 3 is 2.36 bits per heavy atom. The van der Waals surface area contributed by atoms with Gasteiger partial charge in [-0.1, -0.05) is 0 Å². The van der Waals surface area contributed by atoms with Crippen LogP contribution in [0.4, 0.5) is 0 Å². The third kappa shape index (κ3) is 1.19. The van der Waals surface area contributed by atoms with Crippen LogP contribution in [0.15, 0.2) is 0 Å². The van der Waals surface area contributed by atoms with Crippen LogP contribution < -0.4 is 0 Å².